The van der Waals surface area contributed by atoms with Gasteiger partial charge in [0, 0.05) is 5.56 Å². The molecule has 2 aromatic carbocycles. The Morgan fingerprint density at radius 3 is 2.21 bits per heavy atom. The number of halogens is 3. The average molecular weight is 266 g/mol. The quantitative estimate of drug-likeness (QED) is 0.821. The first kappa shape index (κ1) is 12.9. The van der Waals surface area contributed by atoms with Gasteiger partial charge in [-0.05, 0) is 30.3 Å². The zero-order chi connectivity index (χ0) is 14.0. The largest absolute Gasteiger partial charge is 0.396 e. The van der Waals surface area contributed by atoms with Crippen molar-refractivity contribution < 1.29 is 18.0 Å². The van der Waals surface area contributed by atoms with Gasteiger partial charge in [-0.3, -0.25) is 4.79 Å². The molecule has 3 nitrogen and oxygen atoms in total. The van der Waals surface area contributed by atoms with Crippen LogP contribution in [0, 0.1) is 17.5 Å². The first-order chi connectivity index (χ1) is 8.99. The molecule has 0 saturated carbocycles. The van der Waals surface area contributed by atoms with Crippen LogP contribution in [0.2, 0.25) is 0 Å². The van der Waals surface area contributed by atoms with Crippen molar-refractivity contribution in [1.82, 2.24) is 0 Å². The van der Waals surface area contributed by atoms with E-state index < -0.39 is 29.0 Å². The Kier molecular flexibility index (Phi) is 3.41. The number of nitrogen functional groups attached to an aromatic ring is 1. The highest BCUT2D eigenvalue weighted by atomic mass is 19.1. The number of nitrogens with two attached hydrogens (primary N) is 1. The molecular formula is C13H9F3N2O. The van der Waals surface area contributed by atoms with E-state index >= 15 is 0 Å². The number of hydrogen-bond donors (Lipinski definition) is 2. The molecule has 0 atom stereocenters. The Balaban J connectivity index is 2.28. The van der Waals surface area contributed by atoms with Crippen LogP contribution < -0.4 is 11.1 Å². The monoisotopic (exact) mass is 266 g/mol. The number of carbonyl (C=O) groups excluding carboxylic acids is 1. The molecular weight excluding hydrogens is 257 g/mol. The van der Waals surface area contributed by atoms with E-state index in [2.05, 4.69) is 5.32 Å². The van der Waals surface area contributed by atoms with Crippen LogP contribution in [0.25, 0.3) is 0 Å². The molecule has 3 N–H and O–H groups in total. The van der Waals surface area contributed by atoms with Crippen molar-refractivity contribution in [1.29, 1.82) is 0 Å². The minimum absolute atomic E-state index is 0.00144. The Morgan fingerprint density at radius 2 is 1.63 bits per heavy atom. The van der Waals surface area contributed by atoms with Crippen molar-refractivity contribution in [3.63, 3.8) is 0 Å². The third-order valence-corrected chi connectivity index (χ3v) is 2.46. The van der Waals surface area contributed by atoms with Gasteiger partial charge >= 0.3 is 0 Å². The lowest BCUT2D eigenvalue weighted by Crippen LogP contribution is -2.14. The van der Waals surface area contributed by atoms with Crippen LogP contribution in [0.3, 0.4) is 0 Å². The summed E-state index contributed by atoms with van der Waals surface area (Å²) in [6.07, 6.45) is 0. The molecule has 0 aromatic heterocycles. The predicted molar refractivity (Wildman–Crippen MR) is 65.1 cm³/mol. The van der Waals surface area contributed by atoms with Crippen molar-refractivity contribution in [2.75, 3.05) is 11.1 Å². The summed E-state index contributed by atoms with van der Waals surface area (Å²) in [5, 5.41) is 2.07. The zero-order valence-electron chi connectivity index (χ0n) is 9.58. The highest BCUT2D eigenvalue weighted by molar-refractivity contribution is 6.04. The lowest BCUT2D eigenvalue weighted by molar-refractivity contribution is 0.102. The Labute approximate surface area is 106 Å². The maximum atomic E-state index is 13.3. The van der Waals surface area contributed by atoms with E-state index in [1.165, 1.54) is 12.1 Å². The minimum atomic E-state index is -0.900. The van der Waals surface area contributed by atoms with E-state index in [0.29, 0.717) is 0 Å². The van der Waals surface area contributed by atoms with E-state index in [1.54, 1.807) is 0 Å². The van der Waals surface area contributed by atoms with E-state index in [0.717, 1.165) is 24.3 Å². The predicted octanol–water partition coefficient (Wildman–Crippen LogP) is 2.94. The summed E-state index contributed by atoms with van der Waals surface area (Å²) in [7, 11) is 0. The molecule has 19 heavy (non-hydrogen) atoms. The van der Waals surface area contributed by atoms with Crippen molar-refractivity contribution >= 4 is 17.3 Å². The van der Waals surface area contributed by atoms with E-state index in [1.807, 2.05) is 0 Å². The molecule has 2 rings (SSSR count). The van der Waals surface area contributed by atoms with Gasteiger partial charge in [0.25, 0.3) is 5.91 Å². The molecule has 0 aliphatic heterocycles. The van der Waals surface area contributed by atoms with Gasteiger partial charge in [0.05, 0.1) is 5.69 Å². The molecule has 0 bridgehead atoms. The molecule has 0 aliphatic carbocycles. The van der Waals surface area contributed by atoms with Gasteiger partial charge in [-0.1, -0.05) is 6.07 Å². The summed E-state index contributed by atoms with van der Waals surface area (Å²) in [5.74, 6) is -3.25. The van der Waals surface area contributed by atoms with E-state index in [9.17, 15) is 18.0 Å². The van der Waals surface area contributed by atoms with Crippen LogP contribution in [0.5, 0.6) is 0 Å². The summed E-state index contributed by atoms with van der Waals surface area (Å²) in [4.78, 5) is 11.8. The van der Waals surface area contributed by atoms with Crippen LogP contribution in [0.1, 0.15) is 10.4 Å². The standard InChI is InChI=1S/C13H9F3N2O/c14-8-5-4-7(6-11(8)17)13(19)18-12-9(15)2-1-3-10(12)16/h1-6H,17H2,(H,18,19). The van der Waals surface area contributed by atoms with Crippen molar-refractivity contribution in [2.24, 2.45) is 0 Å². The highest BCUT2D eigenvalue weighted by Gasteiger charge is 2.14. The van der Waals surface area contributed by atoms with Gasteiger partial charge < -0.3 is 11.1 Å². The summed E-state index contributed by atoms with van der Waals surface area (Å²) in [6, 6.07) is 6.46. The van der Waals surface area contributed by atoms with Gasteiger partial charge in [0.15, 0.2) is 0 Å². The third-order valence-electron chi connectivity index (χ3n) is 2.46. The Morgan fingerprint density at radius 1 is 1.00 bits per heavy atom. The highest BCUT2D eigenvalue weighted by Crippen LogP contribution is 2.20. The molecule has 0 radical (unpaired) electrons. The van der Waals surface area contributed by atoms with Gasteiger partial charge in [-0.2, -0.15) is 0 Å². The van der Waals surface area contributed by atoms with Crippen molar-refractivity contribution in [3.8, 4) is 0 Å². The van der Waals surface area contributed by atoms with Crippen molar-refractivity contribution in [2.45, 2.75) is 0 Å². The molecule has 0 aliphatic rings. The molecule has 0 unspecified atom stereocenters. The first-order valence-electron chi connectivity index (χ1n) is 5.29. The first-order valence-corrected chi connectivity index (χ1v) is 5.29. The topological polar surface area (TPSA) is 55.1 Å². The van der Waals surface area contributed by atoms with Crippen LogP contribution in [-0.4, -0.2) is 5.91 Å². The molecule has 98 valence electrons. The number of nitrogens with one attached hydrogen (secondary N) is 1. The lowest BCUT2D eigenvalue weighted by atomic mass is 10.1. The average Bonchev–Trinajstić information content (AvgIpc) is 2.37. The van der Waals surface area contributed by atoms with E-state index in [-0.39, 0.29) is 11.3 Å². The number of carbonyl (C=O) groups is 1. The number of para-hydroxylation sites is 1. The van der Waals surface area contributed by atoms with Crippen LogP contribution in [-0.2, 0) is 0 Å². The Bertz CT molecular complexity index is 624. The van der Waals surface area contributed by atoms with E-state index in [4.69, 9.17) is 5.73 Å². The second kappa shape index (κ2) is 5.01. The molecule has 0 fully saturated rings. The maximum Gasteiger partial charge on any atom is 0.255 e. The summed E-state index contributed by atoms with van der Waals surface area (Å²) in [5.41, 5.74) is 4.53. The number of anilines is 2. The van der Waals surface area contributed by atoms with Gasteiger partial charge in [0.1, 0.15) is 23.1 Å². The molecule has 0 saturated heterocycles. The second-order valence-corrected chi connectivity index (χ2v) is 3.79. The summed E-state index contributed by atoms with van der Waals surface area (Å²) >= 11 is 0. The lowest BCUT2D eigenvalue weighted by Gasteiger charge is -2.08. The van der Waals surface area contributed by atoms with Gasteiger partial charge in [-0.25, -0.2) is 13.2 Å². The van der Waals surface area contributed by atoms with Crippen LogP contribution in [0.15, 0.2) is 36.4 Å². The smallest absolute Gasteiger partial charge is 0.255 e. The Hall–Kier alpha value is -2.50. The summed E-state index contributed by atoms with van der Waals surface area (Å²) in [6.45, 7) is 0. The zero-order valence-corrected chi connectivity index (χ0v) is 9.58. The van der Waals surface area contributed by atoms with Crippen molar-refractivity contribution in [3.05, 3.63) is 59.4 Å². The van der Waals surface area contributed by atoms with Gasteiger partial charge in [0.2, 0.25) is 0 Å². The molecule has 1 amide bonds. The minimum Gasteiger partial charge on any atom is -0.396 e. The van der Waals surface area contributed by atoms with Crippen LogP contribution in [0.4, 0.5) is 24.5 Å². The molecule has 2 aromatic rings. The number of benzene rings is 2. The second-order valence-electron chi connectivity index (χ2n) is 3.79. The SMILES string of the molecule is Nc1cc(C(=O)Nc2c(F)cccc2F)ccc1F. The number of amides is 1. The normalized spacial score (nSPS) is 10.3. The van der Waals surface area contributed by atoms with Crippen LogP contribution >= 0.6 is 0 Å². The fourth-order valence-corrected chi connectivity index (χ4v) is 1.49. The number of rotatable bonds is 2. The maximum absolute atomic E-state index is 13.3. The number of hydrogen-bond acceptors (Lipinski definition) is 2. The molecule has 0 spiro atoms. The third kappa shape index (κ3) is 2.67. The molecule has 6 heteroatoms. The molecule has 0 heterocycles. The van der Waals surface area contributed by atoms with Gasteiger partial charge in [-0.15, -0.1) is 0 Å². The fraction of sp³-hybridized carbons (Fsp3) is 0. The fourth-order valence-electron chi connectivity index (χ4n) is 1.49. The summed E-state index contributed by atoms with van der Waals surface area (Å²) < 4.78 is 39.6.